The summed E-state index contributed by atoms with van der Waals surface area (Å²) in [6.45, 7) is 6.30. The lowest BCUT2D eigenvalue weighted by atomic mass is 10.1. The first kappa shape index (κ1) is 14.8. The van der Waals surface area contributed by atoms with Crippen molar-refractivity contribution in [3.63, 3.8) is 0 Å². The number of fused-ring (bicyclic) bond motifs is 1. The summed E-state index contributed by atoms with van der Waals surface area (Å²) in [6.07, 6.45) is -0.618. The van der Waals surface area contributed by atoms with E-state index in [1.54, 1.807) is 11.3 Å². The lowest BCUT2D eigenvalue weighted by molar-refractivity contribution is 0.191. The fourth-order valence-electron chi connectivity index (χ4n) is 1.87. The Bertz CT molecular complexity index is 580. The molecule has 20 heavy (non-hydrogen) atoms. The number of hydrogen-bond donors (Lipinski definition) is 3. The third kappa shape index (κ3) is 3.95. The van der Waals surface area contributed by atoms with Crippen LogP contribution in [0.2, 0.25) is 0 Å². The predicted octanol–water partition coefficient (Wildman–Crippen LogP) is 2.64. The van der Waals surface area contributed by atoms with E-state index < -0.39 is 6.10 Å². The van der Waals surface area contributed by atoms with Gasteiger partial charge in [-0.1, -0.05) is 18.2 Å². The van der Waals surface area contributed by atoms with Gasteiger partial charge < -0.3 is 16.2 Å². The van der Waals surface area contributed by atoms with E-state index in [2.05, 4.69) is 16.4 Å². The van der Waals surface area contributed by atoms with Gasteiger partial charge in [0.15, 0.2) is 5.96 Å². The number of nitrogens with one attached hydrogen (secondary N) is 1. The minimum absolute atomic E-state index is 0.129. The Morgan fingerprint density at radius 1 is 1.40 bits per heavy atom. The van der Waals surface area contributed by atoms with Crippen molar-refractivity contribution in [2.45, 2.75) is 32.4 Å². The number of aliphatic hydroxyl groups is 1. The molecule has 1 aromatic heterocycles. The molecule has 1 unspecified atom stereocenters. The molecule has 1 aromatic carbocycles. The zero-order valence-corrected chi connectivity index (χ0v) is 12.9. The number of nitrogens with zero attached hydrogens (tertiary/aromatic N) is 1. The number of benzene rings is 1. The fraction of sp³-hybridized carbons (Fsp3) is 0.400. The highest BCUT2D eigenvalue weighted by atomic mass is 32.1. The average molecular weight is 291 g/mol. The van der Waals surface area contributed by atoms with Crippen molar-refractivity contribution in [3.05, 3.63) is 35.2 Å². The van der Waals surface area contributed by atoms with Crippen molar-refractivity contribution in [1.29, 1.82) is 0 Å². The number of hydrogen-bond acceptors (Lipinski definition) is 3. The topological polar surface area (TPSA) is 70.6 Å². The van der Waals surface area contributed by atoms with Crippen molar-refractivity contribution in [2.75, 3.05) is 6.54 Å². The number of aliphatic hydroxyl groups excluding tert-OH is 1. The molecule has 5 heteroatoms. The van der Waals surface area contributed by atoms with Gasteiger partial charge in [0.25, 0.3) is 0 Å². The van der Waals surface area contributed by atoms with Crippen molar-refractivity contribution in [2.24, 2.45) is 10.7 Å². The SMILES string of the molecule is CC(C)(C)NC(N)=NCC(O)c1cc2ccccc2s1. The average Bonchev–Trinajstić information content (AvgIpc) is 2.77. The standard InChI is InChI=1S/C15H21N3OS/c1-15(2,3)18-14(16)17-9-11(19)13-8-10-6-4-5-7-12(10)20-13/h4-8,11,19H,9H2,1-3H3,(H3,16,17,18). The second kappa shape index (κ2) is 5.81. The molecule has 0 bridgehead atoms. The third-order valence-corrected chi connectivity index (χ3v) is 3.93. The summed E-state index contributed by atoms with van der Waals surface area (Å²) in [7, 11) is 0. The van der Waals surface area contributed by atoms with Gasteiger partial charge in [0.05, 0.1) is 6.54 Å². The number of thiophene rings is 1. The van der Waals surface area contributed by atoms with E-state index >= 15 is 0 Å². The zero-order valence-electron chi connectivity index (χ0n) is 12.1. The van der Waals surface area contributed by atoms with E-state index in [0.29, 0.717) is 5.96 Å². The maximum atomic E-state index is 10.2. The molecule has 4 N–H and O–H groups in total. The minimum atomic E-state index is -0.618. The Kier molecular flexibility index (Phi) is 4.30. The van der Waals surface area contributed by atoms with Crippen LogP contribution in [0.1, 0.15) is 31.8 Å². The van der Waals surface area contributed by atoms with Gasteiger partial charge in [-0.2, -0.15) is 0 Å². The second-order valence-electron chi connectivity index (χ2n) is 5.80. The Morgan fingerprint density at radius 2 is 2.10 bits per heavy atom. The lowest BCUT2D eigenvalue weighted by Crippen LogP contribution is -2.45. The van der Waals surface area contributed by atoms with Crippen molar-refractivity contribution in [1.82, 2.24) is 5.32 Å². The highest BCUT2D eigenvalue weighted by Crippen LogP contribution is 2.29. The van der Waals surface area contributed by atoms with Crippen LogP contribution in [-0.2, 0) is 0 Å². The fourth-order valence-corrected chi connectivity index (χ4v) is 2.91. The minimum Gasteiger partial charge on any atom is -0.386 e. The summed E-state index contributed by atoms with van der Waals surface area (Å²) >= 11 is 1.59. The van der Waals surface area contributed by atoms with E-state index in [0.717, 1.165) is 10.3 Å². The van der Waals surface area contributed by atoms with Crippen LogP contribution in [0, 0.1) is 0 Å². The number of guanidine groups is 1. The van der Waals surface area contributed by atoms with E-state index in [4.69, 9.17) is 5.73 Å². The van der Waals surface area contributed by atoms with Crippen molar-refractivity contribution < 1.29 is 5.11 Å². The summed E-state index contributed by atoms with van der Waals surface area (Å²) in [5, 5.41) is 14.4. The molecule has 0 aliphatic heterocycles. The van der Waals surface area contributed by atoms with Gasteiger partial charge in [-0.3, -0.25) is 4.99 Å². The van der Waals surface area contributed by atoms with Gasteiger partial charge in [0.1, 0.15) is 6.10 Å². The largest absolute Gasteiger partial charge is 0.386 e. The van der Waals surface area contributed by atoms with E-state index in [1.807, 2.05) is 45.0 Å². The molecule has 0 radical (unpaired) electrons. The monoisotopic (exact) mass is 291 g/mol. The van der Waals surface area contributed by atoms with Crippen molar-refractivity contribution in [3.8, 4) is 0 Å². The van der Waals surface area contributed by atoms with Gasteiger partial charge in [-0.15, -0.1) is 11.3 Å². The van der Waals surface area contributed by atoms with Gasteiger partial charge >= 0.3 is 0 Å². The van der Waals surface area contributed by atoms with Crippen LogP contribution in [-0.4, -0.2) is 23.1 Å². The Labute approximate surface area is 123 Å². The Hall–Kier alpha value is -1.59. The van der Waals surface area contributed by atoms with Gasteiger partial charge in [-0.25, -0.2) is 0 Å². The number of nitrogens with two attached hydrogens (primary N) is 1. The summed E-state index contributed by atoms with van der Waals surface area (Å²) in [4.78, 5) is 5.11. The van der Waals surface area contributed by atoms with Crippen LogP contribution < -0.4 is 11.1 Å². The molecule has 0 aliphatic carbocycles. The van der Waals surface area contributed by atoms with Crippen LogP contribution >= 0.6 is 11.3 Å². The summed E-state index contributed by atoms with van der Waals surface area (Å²) in [5.74, 6) is 0.359. The summed E-state index contributed by atoms with van der Waals surface area (Å²) < 4.78 is 1.17. The zero-order chi connectivity index (χ0) is 14.8. The van der Waals surface area contributed by atoms with Crippen LogP contribution in [0.3, 0.4) is 0 Å². The van der Waals surface area contributed by atoms with Crippen molar-refractivity contribution >= 4 is 27.4 Å². The molecule has 0 fully saturated rings. The number of aliphatic imine (C=N–C) groups is 1. The van der Waals surface area contributed by atoms with Gasteiger partial charge in [-0.05, 0) is 38.3 Å². The Balaban J connectivity index is 2.04. The molecular weight excluding hydrogens is 270 g/mol. The summed E-state index contributed by atoms with van der Waals surface area (Å²) in [5.41, 5.74) is 5.66. The molecule has 4 nitrogen and oxygen atoms in total. The van der Waals surface area contributed by atoms with E-state index in [1.165, 1.54) is 4.70 Å². The molecule has 0 spiro atoms. The maximum Gasteiger partial charge on any atom is 0.189 e. The first-order valence-corrected chi connectivity index (χ1v) is 7.41. The third-order valence-electron chi connectivity index (χ3n) is 2.71. The summed E-state index contributed by atoms with van der Waals surface area (Å²) in [6, 6.07) is 10.1. The molecule has 2 aromatic rings. The Morgan fingerprint density at radius 3 is 2.75 bits per heavy atom. The molecule has 108 valence electrons. The molecule has 2 rings (SSSR count). The van der Waals surface area contributed by atoms with E-state index in [9.17, 15) is 5.11 Å². The van der Waals surface area contributed by atoms with Gasteiger partial charge in [0.2, 0.25) is 0 Å². The first-order chi connectivity index (χ1) is 9.35. The quantitative estimate of drug-likeness (QED) is 0.601. The molecular formula is C15H21N3OS. The van der Waals surface area contributed by atoms with E-state index in [-0.39, 0.29) is 12.1 Å². The van der Waals surface area contributed by atoms with Crippen LogP contribution in [0.5, 0.6) is 0 Å². The second-order valence-corrected chi connectivity index (χ2v) is 6.92. The molecule has 0 amide bonds. The molecule has 1 atom stereocenters. The maximum absolute atomic E-state index is 10.2. The van der Waals surface area contributed by atoms with Crippen LogP contribution in [0.15, 0.2) is 35.3 Å². The van der Waals surface area contributed by atoms with Crippen LogP contribution in [0.4, 0.5) is 0 Å². The highest BCUT2D eigenvalue weighted by molar-refractivity contribution is 7.19. The molecule has 0 saturated carbocycles. The first-order valence-electron chi connectivity index (χ1n) is 6.60. The predicted molar refractivity (Wildman–Crippen MR) is 86.2 cm³/mol. The molecule has 0 aliphatic rings. The lowest BCUT2D eigenvalue weighted by Gasteiger charge is -2.21. The smallest absolute Gasteiger partial charge is 0.189 e. The molecule has 1 heterocycles. The van der Waals surface area contributed by atoms with Gasteiger partial charge in [0, 0.05) is 15.1 Å². The highest BCUT2D eigenvalue weighted by Gasteiger charge is 2.13. The van der Waals surface area contributed by atoms with Crippen LogP contribution in [0.25, 0.3) is 10.1 Å². The normalized spacial score (nSPS) is 14.5. The number of rotatable bonds is 3. The molecule has 0 saturated heterocycles.